The van der Waals surface area contributed by atoms with E-state index in [0.29, 0.717) is 22.9 Å². The van der Waals surface area contributed by atoms with E-state index in [1.807, 2.05) is 0 Å². The van der Waals surface area contributed by atoms with Crippen molar-refractivity contribution in [2.75, 3.05) is 39.8 Å². The molecule has 0 saturated carbocycles. The highest BCUT2D eigenvalue weighted by atomic mass is 32.2. The molecule has 2 aromatic carbocycles. The minimum atomic E-state index is -3.78. The van der Waals surface area contributed by atoms with Crippen molar-refractivity contribution in [3.05, 3.63) is 48.0 Å². The second kappa shape index (κ2) is 10.2. The molecule has 0 fully saturated rings. The number of anilines is 1. The summed E-state index contributed by atoms with van der Waals surface area (Å²) >= 11 is 0. The molecule has 3 aromatic rings. The van der Waals surface area contributed by atoms with Gasteiger partial charge in [-0.05, 0) is 30.3 Å². The van der Waals surface area contributed by atoms with E-state index in [4.69, 9.17) is 14.2 Å². The highest BCUT2D eigenvalue weighted by Gasteiger charge is 2.18. The van der Waals surface area contributed by atoms with E-state index in [-0.39, 0.29) is 29.6 Å². The Hall–Kier alpha value is -3.48. The summed E-state index contributed by atoms with van der Waals surface area (Å²) in [6, 6.07) is 10.8. The number of hydrogen-bond donors (Lipinski definition) is 3. The van der Waals surface area contributed by atoms with Gasteiger partial charge in [0, 0.05) is 25.3 Å². The van der Waals surface area contributed by atoms with Gasteiger partial charge in [0.15, 0.2) is 5.82 Å². The van der Waals surface area contributed by atoms with Gasteiger partial charge in [0.25, 0.3) is 5.91 Å². The van der Waals surface area contributed by atoms with Gasteiger partial charge in [-0.1, -0.05) is 6.07 Å². The molecule has 0 aliphatic carbocycles. The van der Waals surface area contributed by atoms with E-state index in [1.54, 1.807) is 25.3 Å². The lowest BCUT2D eigenvalue weighted by atomic mass is 10.2. The lowest BCUT2D eigenvalue weighted by Gasteiger charge is -2.08. The number of amides is 1. The van der Waals surface area contributed by atoms with Crippen LogP contribution in [-0.2, 0) is 14.8 Å². The largest absolute Gasteiger partial charge is 0.497 e. The van der Waals surface area contributed by atoms with Gasteiger partial charge in [-0.25, -0.2) is 13.1 Å². The monoisotopic (exact) mass is 461 g/mol. The molecule has 0 spiro atoms. The Morgan fingerprint density at radius 1 is 1.09 bits per heavy atom. The standard InChI is InChI=1S/C20H23N5O6S/c1-29-10-9-21-32(27,28)15-6-4-5-13(11-15)19(26)23-20-22-18(24-25-20)16-8-7-14(30-2)12-17(16)31-3/h4-8,11-12,21H,9-10H2,1-3H3,(H2,22,23,24,25,26). The number of rotatable bonds is 10. The van der Waals surface area contributed by atoms with Crippen LogP contribution in [0.2, 0.25) is 0 Å². The Balaban J connectivity index is 1.76. The number of aromatic amines is 1. The van der Waals surface area contributed by atoms with Crippen molar-refractivity contribution in [3.63, 3.8) is 0 Å². The van der Waals surface area contributed by atoms with Gasteiger partial charge in [0.1, 0.15) is 11.5 Å². The van der Waals surface area contributed by atoms with E-state index in [1.165, 1.54) is 38.5 Å². The van der Waals surface area contributed by atoms with E-state index >= 15 is 0 Å². The molecular weight excluding hydrogens is 438 g/mol. The summed E-state index contributed by atoms with van der Waals surface area (Å²) in [5, 5.41) is 9.29. The van der Waals surface area contributed by atoms with Gasteiger partial charge in [0.05, 0.1) is 31.3 Å². The lowest BCUT2D eigenvalue weighted by Crippen LogP contribution is -2.27. The average Bonchev–Trinajstić information content (AvgIpc) is 3.27. The van der Waals surface area contributed by atoms with Gasteiger partial charge in [-0.3, -0.25) is 15.2 Å². The number of carbonyl (C=O) groups is 1. The Morgan fingerprint density at radius 2 is 1.91 bits per heavy atom. The molecule has 0 saturated heterocycles. The molecule has 3 N–H and O–H groups in total. The Kier molecular flexibility index (Phi) is 7.41. The van der Waals surface area contributed by atoms with Crippen molar-refractivity contribution in [2.24, 2.45) is 0 Å². The number of ether oxygens (including phenoxy) is 3. The first kappa shape index (κ1) is 23.2. The first-order valence-electron chi connectivity index (χ1n) is 9.42. The van der Waals surface area contributed by atoms with Crippen LogP contribution in [0, 0.1) is 0 Å². The van der Waals surface area contributed by atoms with Gasteiger partial charge in [-0.2, -0.15) is 4.98 Å². The average molecular weight is 462 g/mol. The third-order valence-corrected chi connectivity index (χ3v) is 5.84. The minimum absolute atomic E-state index is 0.0225. The van der Waals surface area contributed by atoms with E-state index < -0.39 is 15.9 Å². The number of nitrogens with one attached hydrogen (secondary N) is 3. The summed E-state index contributed by atoms with van der Waals surface area (Å²) in [6.07, 6.45) is 0. The van der Waals surface area contributed by atoms with Crippen LogP contribution in [0.5, 0.6) is 11.5 Å². The second-order valence-electron chi connectivity index (χ2n) is 6.45. The molecule has 0 aliphatic rings. The quantitative estimate of drug-likeness (QED) is 0.387. The van der Waals surface area contributed by atoms with Gasteiger partial charge >= 0.3 is 0 Å². The molecule has 0 atom stereocenters. The molecule has 0 aliphatic heterocycles. The molecule has 11 nitrogen and oxygen atoms in total. The SMILES string of the molecule is COCCNS(=O)(=O)c1cccc(C(=O)Nc2n[nH]c(-c3ccc(OC)cc3OC)n2)c1. The molecular formula is C20H23N5O6S. The highest BCUT2D eigenvalue weighted by molar-refractivity contribution is 7.89. The summed E-state index contributed by atoms with van der Waals surface area (Å²) in [6.45, 7) is 0.343. The summed E-state index contributed by atoms with van der Waals surface area (Å²) in [5.41, 5.74) is 0.754. The topological polar surface area (TPSA) is 145 Å². The van der Waals surface area contributed by atoms with Crippen LogP contribution < -0.4 is 19.5 Å². The fraction of sp³-hybridized carbons (Fsp3) is 0.250. The van der Waals surface area contributed by atoms with Crippen LogP contribution in [0.15, 0.2) is 47.4 Å². The van der Waals surface area contributed by atoms with E-state index in [0.717, 1.165) is 0 Å². The molecule has 12 heteroatoms. The van der Waals surface area contributed by atoms with Crippen molar-refractivity contribution in [1.82, 2.24) is 19.9 Å². The van der Waals surface area contributed by atoms with Gasteiger partial charge < -0.3 is 14.2 Å². The third kappa shape index (κ3) is 5.41. The van der Waals surface area contributed by atoms with E-state index in [9.17, 15) is 13.2 Å². The Morgan fingerprint density at radius 3 is 2.62 bits per heavy atom. The molecule has 1 heterocycles. The molecule has 0 unspecified atom stereocenters. The van der Waals surface area contributed by atoms with Crippen molar-refractivity contribution in [2.45, 2.75) is 4.90 Å². The van der Waals surface area contributed by atoms with Crippen molar-refractivity contribution in [3.8, 4) is 22.9 Å². The Bertz CT molecular complexity index is 1190. The first-order valence-corrected chi connectivity index (χ1v) is 10.9. The second-order valence-corrected chi connectivity index (χ2v) is 8.21. The minimum Gasteiger partial charge on any atom is -0.497 e. The molecule has 0 radical (unpaired) electrons. The predicted octanol–water partition coefficient (Wildman–Crippen LogP) is 1.67. The smallest absolute Gasteiger partial charge is 0.258 e. The molecule has 1 amide bonds. The molecule has 0 bridgehead atoms. The number of H-pyrrole nitrogens is 1. The van der Waals surface area contributed by atoms with Crippen LogP contribution in [0.1, 0.15) is 10.4 Å². The summed E-state index contributed by atoms with van der Waals surface area (Å²) < 4.78 is 42.5. The van der Waals surface area contributed by atoms with Crippen molar-refractivity contribution >= 4 is 21.9 Å². The number of carbonyl (C=O) groups excluding carboxylic acids is 1. The number of aromatic nitrogens is 3. The lowest BCUT2D eigenvalue weighted by molar-refractivity contribution is 0.102. The number of methoxy groups -OCH3 is 3. The van der Waals surface area contributed by atoms with Crippen molar-refractivity contribution in [1.29, 1.82) is 0 Å². The van der Waals surface area contributed by atoms with Crippen LogP contribution >= 0.6 is 0 Å². The van der Waals surface area contributed by atoms with Crippen LogP contribution in [0.3, 0.4) is 0 Å². The maximum Gasteiger partial charge on any atom is 0.258 e. The zero-order valence-corrected chi connectivity index (χ0v) is 18.5. The number of benzene rings is 2. The normalized spacial score (nSPS) is 11.2. The molecule has 170 valence electrons. The Labute approximate surface area is 185 Å². The number of nitrogens with zero attached hydrogens (tertiary/aromatic N) is 2. The maximum absolute atomic E-state index is 12.6. The predicted molar refractivity (Wildman–Crippen MR) is 116 cm³/mol. The first-order chi connectivity index (χ1) is 15.4. The summed E-state index contributed by atoms with van der Waals surface area (Å²) in [5.74, 6) is 0.960. The fourth-order valence-electron chi connectivity index (χ4n) is 2.77. The van der Waals surface area contributed by atoms with Crippen LogP contribution in [0.25, 0.3) is 11.4 Å². The zero-order valence-electron chi connectivity index (χ0n) is 17.7. The van der Waals surface area contributed by atoms with Crippen molar-refractivity contribution < 1.29 is 27.4 Å². The summed E-state index contributed by atoms with van der Waals surface area (Å²) in [4.78, 5) is 16.9. The number of sulfonamides is 1. The van der Waals surface area contributed by atoms with E-state index in [2.05, 4.69) is 25.2 Å². The highest BCUT2D eigenvalue weighted by Crippen LogP contribution is 2.31. The maximum atomic E-state index is 12.6. The molecule has 1 aromatic heterocycles. The zero-order chi connectivity index (χ0) is 23.1. The fourth-order valence-corrected chi connectivity index (χ4v) is 3.83. The van der Waals surface area contributed by atoms with Crippen LogP contribution in [0.4, 0.5) is 5.95 Å². The van der Waals surface area contributed by atoms with Gasteiger partial charge in [-0.15, -0.1) is 5.10 Å². The third-order valence-electron chi connectivity index (χ3n) is 4.38. The van der Waals surface area contributed by atoms with Gasteiger partial charge in [0.2, 0.25) is 16.0 Å². The molecule has 3 rings (SSSR count). The summed E-state index contributed by atoms with van der Waals surface area (Å²) in [7, 11) is 0.757. The molecule has 32 heavy (non-hydrogen) atoms. The van der Waals surface area contributed by atoms with Crippen LogP contribution in [-0.4, -0.2) is 64.0 Å². The number of hydrogen-bond acceptors (Lipinski definition) is 8.